The van der Waals surface area contributed by atoms with Crippen LogP contribution in [0, 0.1) is 0 Å². The van der Waals surface area contributed by atoms with E-state index >= 15 is 0 Å². The van der Waals surface area contributed by atoms with Crippen molar-refractivity contribution in [2.75, 3.05) is 11.9 Å². The Labute approximate surface area is 169 Å². The number of carboxylic acids is 1. The summed E-state index contributed by atoms with van der Waals surface area (Å²) in [5.74, 6) is -0.405. The predicted octanol–water partition coefficient (Wildman–Crippen LogP) is 3.73. The average molecular weight is 417 g/mol. The topological polar surface area (TPSA) is 97.9 Å². The summed E-state index contributed by atoms with van der Waals surface area (Å²) >= 11 is 12.5. The van der Waals surface area contributed by atoms with Gasteiger partial charge in [0.25, 0.3) is 0 Å². The third-order valence-electron chi connectivity index (χ3n) is 4.16. The Morgan fingerprint density at radius 1 is 1.29 bits per heavy atom. The van der Waals surface area contributed by atoms with Crippen molar-refractivity contribution in [3.05, 3.63) is 64.9 Å². The molecule has 0 bridgehead atoms. The smallest absolute Gasteiger partial charge is 0.338 e. The van der Waals surface area contributed by atoms with Crippen molar-refractivity contribution in [1.82, 2.24) is 24.3 Å². The van der Waals surface area contributed by atoms with Gasteiger partial charge in [0.15, 0.2) is 0 Å². The van der Waals surface area contributed by atoms with Gasteiger partial charge in [-0.3, -0.25) is 4.68 Å². The SMILES string of the molecule is O=C(O)c1cnn(CCNc2cc(-n3ccnc3)c3ccc(Cl)c(Cl)c3n2)c1. The molecule has 0 atom stereocenters. The van der Waals surface area contributed by atoms with Crippen LogP contribution in [0.5, 0.6) is 0 Å². The van der Waals surface area contributed by atoms with E-state index in [1.807, 2.05) is 22.9 Å². The third-order valence-corrected chi connectivity index (χ3v) is 4.95. The van der Waals surface area contributed by atoms with Crippen LogP contribution in [0.25, 0.3) is 16.6 Å². The van der Waals surface area contributed by atoms with Gasteiger partial charge in [-0.05, 0) is 12.1 Å². The molecule has 4 aromatic rings. The summed E-state index contributed by atoms with van der Waals surface area (Å²) in [7, 11) is 0. The van der Waals surface area contributed by atoms with Gasteiger partial charge < -0.3 is 15.0 Å². The molecule has 1 aromatic carbocycles. The van der Waals surface area contributed by atoms with Crippen LogP contribution < -0.4 is 5.32 Å². The number of hydrogen-bond donors (Lipinski definition) is 2. The van der Waals surface area contributed by atoms with Gasteiger partial charge in [0.1, 0.15) is 5.82 Å². The number of pyridine rings is 1. The van der Waals surface area contributed by atoms with Gasteiger partial charge in [-0.1, -0.05) is 23.2 Å². The molecule has 3 aromatic heterocycles. The van der Waals surface area contributed by atoms with Gasteiger partial charge in [-0.2, -0.15) is 5.10 Å². The molecule has 0 aliphatic carbocycles. The number of imidazole rings is 1. The molecule has 0 unspecified atom stereocenters. The number of nitrogens with one attached hydrogen (secondary N) is 1. The summed E-state index contributed by atoms with van der Waals surface area (Å²) < 4.78 is 3.42. The van der Waals surface area contributed by atoms with Crippen molar-refractivity contribution >= 4 is 45.9 Å². The van der Waals surface area contributed by atoms with E-state index in [9.17, 15) is 4.79 Å². The van der Waals surface area contributed by atoms with Crippen LogP contribution in [0.1, 0.15) is 10.4 Å². The first-order chi connectivity index (χ1) is 13.5. The Morgan fingerprint density at radius 2 is 2.14 bits per heavy atom. The van der Waals surface area contributed by atoms with E-state index < -0.39 is 5.97 Å². The molecule has 0 fully saturated rings. The summed E-state index contributed by atoms with van der Waals surface area (Å²) in [6, 6.07) is 5.49. The van der Waals surface area contributed by atoms with E-state index in [0.29, 0.717) is 34.5 Å². The molecule has 0 radical (unpaired) electrons. The van der Waals surface area contributed by atoms with Crippen LogP contribution in [-0.2, 0) is 6.54 Å². The van der Waals surface area contributed by atoms with Crippen molar-refractivity contribution in [3.8, 4) is 5.69 Å². The minimum Gasteiger partial charge on any atom is -0.478 e. The number of fused-ring (bicyclic) bond motifs is 1. The first-order valence-electron chi connectivity index (χ1n) is 8.29. The third kappa shape index (κ3) is 3.51. The first-order valence-corrected chi connectivity index (χ1v) is 9.05. The predicted molar refractivity (Wildman–Crippen MR) is 107 cm³/mol. The van der Waals surface area contributed by atoms with Crippen molar-refractivity contribution in [2.24, 2.45) is 0 Å². The van der Waals surface area contributed by atoms with Gasteiger partial charge in [0.2, 0.25) is 0 Å². The monoisotopic (exact) mass is 416 g/mol. The molecule has 4 rings (SSSR count). The maximum absolute atomic E-state index is 10.9. The molecular weight excluding hydrogens is 403 g/mol. The molecule has 0 amide bonds. The molecule has 2 N–H and O–H groups in total. The van der Waals surface area contributed by atoms with Crippen LogP contribution in [0.2, 0.25) is 10.0 Å². The second-order valence-electron chi connectivity index (χ2n) is 5.98. The largest absolute Gasteiger partial charge is 0.478 e. The van der Waals surface area contributed by atoms with Crippen LogP contribution >= 0.6 is 23.2 Å². The van der Waals surface area contributed by atoms with Crippen molar-refractivity contribution in [2.45, 2.75) is 6.54 Å². The van der Waals surface area contributed by atoms with E-state index in [0.717, 1.165) is 11.1 Å². The average Bonchev–Trinajstić information content (AvgIpc) is 3.36. The number of hydrogen-bond acceptors (Lipinski definition) is 5. The Hall–Kier alpha value is -3.10. The molecule has 0 aliphatic heterocycles. The lowest BCUT2D eigenvalue weighted by molar-refractivity contribution is 0.0696. The summed E-state index contributed by atoms with van der Waals surface area (Å²) in [4.78, 5) is 19.6. The molecule has 0 saturated carbocycles. The second-order valence-corrected chi connectivity index (χ2v) is 6.76. The maximum Gasteiger partial charge on any atom is 0.338 e. The molecule has 8 nitrogen and oxygen atoms in total. The van der Waals surface area contributed by atoms with Gasteiger partial charge in [-0.25, -0.2) is 14.8 Å². The van der Waals surface area contributed by atoms with E-state index in [1.54, 1.807) is 23.3 Å². The Balaban J connectivity index is 1.63. The number of carboxylic acid groups (broad SMARTS) is 1. The highest BCUT2D eigenvalue weighted by molar-refractivity contribution is 6.45. The Morgan fingerprint density at radius 3 is 2.86 bits per heavy atom. The van der Waals surface area contributed by atoms with Gasteiger partial charge in [0.05, 0.1) is 45.9 Å². The van der Waals surface area contributed by atoms with Gasteiger partial charge >= 0.3 is 5.97 Å². The van der Waals surface area contributed by atoms with Gasteiger partial charge in [-0.15, -0.1) is 0 Å². The number of aromatic nitrogens is 5. The Bertz CT molecular complexity index is 1160. The standard InChI is InChI=1S/C18H14Cl2N6O2/c19-13-2-1-12-14(25-5-3-21-10-25)7-15(24-17(12)16(13)20)22-4-6-26-9-11(8-23-26)18(27)28/h1-3,5,7-10H,4,6H2,(H,22,24)(H,27,28). The highest BCUT2D eigenvalue weighted by atomic mass is 35.5. The first kappa shape index (κ1) is 18.3. The molecule has 0 spiro atoms. The highest BCUT2D eigenvalue weighted by Crippen LogP contribution is 2.33. The second kappa shape index (κ2) is 7.49. The fraction of sp³-hybridized carbons (Fsp3) is 0.111. The zero-order valence-corrected chi connectivity index (χ0v) is 15.9. The molecule has 0 aliphatic rings. The Kier molecular flexibility index (Phi) is 4.89. The highest BCUT2D eigenvalue weighted by Gasteiger charge is 2.13. The van der Waals surface area contributed by atoms with E-state index in [1.165, 1.54) is 12.4 Å². The van der Waals surface area contributed by atoms with Gasteiger partial charge in [0, 0.05) is 36.6 Å². The fourth-order valence-electron chi connectivity index (χ4n) is 2.82. The zero-order valence-electron chi connectivity index (χ0n) is 14.4. The van der Waals surface area contributed by atoms with E-state index in [-0.39, 0.29) is 5.56 Å². The summed E-state index contributed by atoms with van der Waals surface area (Å²) in [6.07, 6.45) is 8.01. The number of carbonyl (C=O) groups is 1. The fourth-order valence-corrected chi connectivity index (χ4v) is 3.18. The molecule has 3 heterocycles. The maximum atomic E-state index is 10.9. The van der Waals surface area contributed by atoms with Crippen molar-refractivity contribution in [1.29, 1.82) is 0 Å². The molecule has 0 saturated heterocycles. The minimum atomic E-state index is -1.01. The van der Waals surface area contributed by atoms with Crippen LogP contribution in [0.15, 0.2) is 49.3 Å². The quantitative estimate of drug-likeness (QED) is 0.496. The number of aromatic carboxylic acids is 1. The number of nitrogens with zero attached hydrogens (tertiary/aromatic N) is 5. The zero-order chi connectivity index (χ0) is 19.7. The lowest BCUT2D eigenvalue weighted by Gasteiger charge is -2.13. The van der Waals surface area contributed by atoms with Crippen molar-refractivity contribution in [3.63, 3.8) is 0 Å². The molecule has 28 heavy (non-hydrogen) atoms. The number of anilines is 1. The minimum absolute atomic E-state index is 0.146. The van der Waals surface area contributed by atoms with E-state index in [2.05, 4.69) is 20.4 Å². The lowest BCUT2D eigenvalue weighted by Crippen LogP contribution is -2.12. The van der Waals surface area contributed by atoms with Crippen LogP contribution in [0.3, 0.4) is 0 Å². The summed E-state index contributed by atoms with van der Waals surface area (Å²) in [5.41, 5.74) is 1.58. The van der Waals surface area contributed by atoms with Crippen molar-refractivity contribution < 1.29 is 9.90 Å². The number of benzene rings is 1. The summed E-state index contributed by atoms with van der Waals surface area (Å²) in [6.45, 7) is 0.956. The number of rotatable bonds is 6. The van der Waals surface area contributed by atoms with Crippen LogP contribution in [-0.4, -0.2) is 41.9 Å². The van der Waals surface area contributed by atoms with E-state index in [4.69, 9.17) is 28.3 Å². The number of halogens is 2. The lowest BCUT2D eigenvalue weighted by atomic mass is 10.1. The normalized spacial score (nSPS) is 11.1. The molecule has 10 heteroatoms. The molecular formula is C18H14Cl2N6O2. The molecule has 142 valence electrons. The summed E-state index contributed by atoms with van der Waals surface area (Å²) in [5, 5.41) is 17.9. The van der Waals surface area contributed by atoms with Crippen LogP contribution in [0.4, 0.5) is 5.82 Å².